The first-order valence-corrected chi connectivity index (χ1v) is 7.44. The molecule has 0 aliphatic rings. The minimum atomic E-state index is 0.0823. The Kier molecular flexibility index (Phi) is 4.62. The number of hydrogen-bond donors (Lipinski definition) is 2. The average molecular weight is 330 g/mol. The normalized spacial score (nSPS) is 11.1. The number of benzene rings is 1. The lowest BCUT2D eigenvalue weighted by Gasteiger charge is -2.10. The largest absolute Gasteiger partial charge is 0.504 e. The third kappa shape index (κ3) is 3.29. The van der Waals surface area contributed by atoms with Crippen molar-refractivity contribution in [3.05, 3.63) is 34.1 Å². The summed E-state index contributed by atoms with van der Waals surface area (Å²) in [6.07, 6.45) is 1.38. The van der Waals surface area contributed by atoms with E-state index in [1.54, 1.807) is 12.1 Å². The fraction of sp³-hybridized carbons (Fsp3) is 0.231. The van der Waals surface area contributed by atoms with E-state index in [0.717, 1.165) is 0 Å². The van der Waals surface area contributed by atoms with Crippen LogP contribution in [0.25, 0.3) is 0 Å². The molecule has 0 fully saturated rings. The number of rotatable bonds is 3. The van der Waals surface area contributed by atoms with Gasteiger partial charge in [-0.05, 0) is 29.8 Å². The minimum Gasteiger partial charge on any atom is -0.504 e. The summed E-state index contributed by atoms with van der Waals surface area (Å²) in [6.45, 7) is 3.89. The third-order valence-electron chi connectivity index (χ3n) is 2.54. The SMILES string of the molecule is CC(C)c1nc(Sc2c(Cl)cc(N)cc2Cl)ncc1O. The molecule has 0 saturated carbocycles. The topological polar surface area (TPSA) is 72.0 Å². The number of nitrogens with zero attached hydrogens (tertiary/aromatic N) is 2. The van der Waals surface area contributed by atoms with Gasteiger partial charge in [0, 0.05) is 5.69 Å². The summed E-state index contributed by atoms with van der Waals surface area (Å²) in [4.78, 5) is 9.04. The fourth-order valence-corrected chi connectivity index (χ4v) is 3.09. The van der Waals surface area contributed by atoms with E-state index in [9.17, 15) is 5.11 Å². The summed E-state index contributed by atoms with van der Waals surface area (Å²) < 4.78 is 0. The van der Waals surface area contributed by atoms with Gasteiger partial charge in [0.15, 0.2) is 10.9 Å². The molecule has 0 atom stereocenters. The smallest absolute Gasteiger partial charge is 0.193 e. The third-order valence-corrected chi connectivity index (χ3v) is 4.38. The molecule has 0 saturated heterocycles. The lowest BCUT2D eigenvalue weighted by molar-refractivity contribution is 0.453. The van der Waals surface area contributed by atoms with Crippen LogP contribution in [-0.2, 0) is 0 Å². The van der Waals surface area contributed by atoms with Gasteiger partial charge in [-0.25, -0.2) is 9.97 Å². The monoisotopic (exact) mass is 329 g/mol. The van der Waals surface area contributed by atoms with Crippen molar-refractivity contribution in [1.29, 1.82) is 0 Å². The van der Waals surface area contributed by atoms with Crippen molar-refractivity contribution in [2.75, 3.05) is 5.73 Å². The summed E-state index contributed by atoms with van der Waals surface area (Å²) in [5, 5.41) is 11.1. The van der Waals surface area contributed by atoms with E-state index in [0.29, 0.717) is 31.5 Å². The van der Waals surface area contributed by atoms with E-state index in [1.165, 1.54) is 18.0 Å². The molecule has 2 rings (SSSR count). The van der Waals surface area contributed by atoms with Crippen molar-refractivity contribution in [1.82, 2.24) is 9.97 Å². The number of nitrogens with two attached hydrogens (primary N) is 1. The van der Waals surface area contributed by atoms with E-state index in [1.807, 2.05) is 13.8 Å². The van der Waals surface area contributed by atoms with E-state index >= 15 is 0 Å². The highest BCUT2D eigenvalue weighted by molar-refractivity contribution is 7.99. The van der Waals surface area contributed by atoms with Crippen molar-refractivity contribution >= 4 is 40.7 Å². The molecule has 1 aromatic carbocycles. The predicted molar refractivity (Wildman–Crippen MR) is 82.8 cm³/mol. The predicted octanol–water partition coefficient (Wildman–Crippen LogP) is 4.35. The van der Waals surface area contributed by atoms with Crippen LogP contribution in [0.5, 0.6) is 5.75 Å². The molecule has 1 heterocycles. The molecule has 0 aliphatic carbocycles. The van der Waals surface area contributed by atoms with Gasteiger partial charge < -0.3 is 10.8 Å². The van der Waals surface area contributed by atoms with E-state index in [-0.39, 0.29) is 11.7 Å². The lowest BCUT2D eigenvalue weighted by Crippen LogP contribution is -1.97. The Hall–Kier alpha value is -1.17. The highest BCUT2D eigenvalue weighted by Crippen LogP contribution is 2.39. The number of aromatic hydroxyl groups is 1. The molecule has 4 nitrogen and oxygen atoms in total. The first-order chi connectivity index (χ1) is 9.38. The van der Waals surface area contributed by atoms with Crippen LogP contribution in [0.4, 0.5) is 5.69 Å². The van der Waals surface area contributed by atoms with Gasteiger partial charge in [0.25, 0.3) is 0 Å². The highest BCUT2D eigenvalue weighted by Gasteiger charge is 2.14. The molecule has 0 radical (unpaired) electrons. The maximum absolute atomic E-state index is 9.71. The van der Waals surface area contributed by atoms with Gasteiger partial charge in [0.1, 0.15) is 0 Å². The summed E-state index contributed by atoms with van der Waals surface area (Å²) in [6, 6.07) is 3.25. The van der Waals surface area contributed by atoms with Crippen LogP contribution < -0.4 is 5.73 Å². The van der Waals surface area contributed by atoms with Gasteiger partial charge in [-0.2, -0.15) is 0 Å². The van der Waals surface area contributed by atoms with Crippen LogP contribution in [0.1, 0.15) is 25.5 Å². The second kappa shape index (κ2) is 6.08. The fourth-order valence-electron chi connectivity index (χ4n) is 1.61. The zero-order valence-electron chi connectivity index (χ0n) is 10.9. The highest BCUT2D eigenvalue weighted by atomic mass is 35.5. The molecule has 0 spiro atoms. The molecular formula is C13H13Cl2N3OS. The second-order valence-electron chi connectivity index (χ2n) is 4.49. The molecule has 20 heavy (non-hydrogen) atoms. The van der Waals surface area contributed by atoms with Gasteiger partial charge in [-0.15, -0.1) is 0 Å². The first kappa shape index (κ1) is 15.2. The molecule has 106 valence electrons. The van der Waals surface area contributed by atoms with Gasteiger partial charge in [-0.1, -0.05) is 37.0 Å². The first-order valence-electron chi connectivity index (χ1n) is 5.86. The lowest BCUT2D eigenvalue weighted by atomic mass is 10.1. The summed E-state index contributed by atoms with van der Waals surface area (Å²) in [5.74, 6) is 0.175. The quantitative estimate of drug-likeness (QED) is 0.647. The standard InChI is InChI=1S/C13H13Cl2N3OS/c1-6(2)11-10(19)5-17-13(18-11)20-12-8(14)3-7(16)4-9(12)15/h3-6,19H,16H2,1-2H3. The number of hydrogen-bond acceptors (Lipinski definition) is 5. The van der Waals surface area contributed by atoms with Crippen LogP contribution in [0.2, 0.25) is 10.0 Å². The molecular weight excluding hydrogens is 317 g/mol. The zero-order valence-corrected chi connectivity index (χ0v) is 13.2. The molecule has 2 aromatic rings. The van der Waals surface area contributed by atoms with Crippen molar-refractivity contribution in [3.8, 4) is 5.75 Å². The Morgan fingerprint density at radius 1 is 1.25 bits per heavy atom. The van der Waals surface area contributed by atoms with Crippen LogP contribution >= 0.6 is 35.0 Å². The molecule has 0 amide bonds. The molecule has 0 aliphatic heterocycles. The van der Waals surface area contributed by atoms with Crippen molar-refractivity contribution in [3.63, 3.8) is 0 Å². The molecule has 7 heteroatoms. The second-order valence-corrected chi connectivity index (χ2v) is 6.29. The van der Waals surface area contributed by atoms with Gasteiger partial charge in [-0.3, -0.25) is 0 Å². The summed E-state index contributed by atoms with van der Waals surface area (Å²) >= 11 is 13.5. The summed E-state index contributed by atoms with van der Waals surface area (Å²) in [5.41, 5.74) is 6.75. The molecule has 0 bridgehead atoms. The van der Waals surface area contributed by atoms with Gasteiger partial charge in [0.2, 0.25) is 0 Å². The van der Waals surface area contributed by atoms with E-state index in [2.05, 4.69) is 9.97 Å². The molecule has 3 N–H and O–H groups in total. The van der Waals surface area contributed by atoms with E-state index in [4.69, 9.17) is 28.9 Å². The van der Waals surface area contributed by atoms with Crippen molar-refractivity contribution in [2.24, 2.45) is 0 Å². The molecule has 1 aromatic heterocycles. The Labute approximate surface area is 131 Å². The molecule has 0 unspecified atom stereocenters. The van der Waals surface area contributed by atoms with Gasteiger partial charge >= 0.3 is 0 Å². The maximum Gasteiger partial charge on any atom is 0.193 e. The Bertz CT molecular complexity index is 627. The van der Waals surface area contributed by atoms with Crippen LogP contribution in [0.3, 0.4) is 0 Å². The number of aromatic nitrogens is 2. The van der Waals surface area contributed by atoms with Crippen molar-refractivity contribution < 1.29 is 5.11 Å². The van der Waals surface area contributed by atoms with Crippen LogP contribution in [0.15, 0.2) is 28.4 Å². The van der Waals surface area contributed by atoms with Crippen LogP contribution in [-0.4, -0.2) is 15.1 Å². The van der Waals surface area contributed by atoms with Gasteiger partial charge in [0.05, 0.1) is 26.8 Å². The minimum absolute atomic E-state index is 0.0823. The Balaban J connectivity index is 2.38. The Morgan fingerprint density at radius 3 is 2.40 bits per heavy atom. The summed E-state index contributed by atoms with van der Waals surface area (Å²) in [7, 11) is 0. The van der Waals surface area contributed by atoms with Crippen LogP contribution in [0, 0.1) is 0 Å². The number of halogens is 2. The zero-order chi connectivity index (χ0) is 14.9. The van der Waals surface area contributed by atoms with E-state index < -0.39 is 0 Å². The van der Waals surface area contributed by atoms with Crippen molar-refractivity contribution in [2.45, 2.75) is 29.8 Å². The maximum atomic E-state index is 9.71. The number of nitrogen functional groups attached to an aromatic ring is 1. The average Bonchev–Trinajstić information content (AvgIpc) is 2.35. The Morgan fingerprint density at radius 2 is 1.85 bits per heavy atom. The number of anilines is 1.